The van der Waals surface area contributed by atoms with Gasteiger partial charge in [0.25, 0.3) is 5.56 Å². The highest BCUT2D eigenvalue weighted by Gasteiger charge is 2.21. The van der Waals surface area contributed by atoms with Crippen molar-refractivity contribution in [2.24, 2.45) is 0 Å². The Morgan fingerprint density at radius 3 is 2.45 bits per heavy atom. The zero-order valence-electron chi connectivity index (χ0n) is 20.8. The van der Waals surface area contributed by atoms with E-state index >= 15 is 0 Å². The van der Waals surface area contributed by atoms with Crippen molar-refractivity contribution in [2.45, 2.75) is 25.8 Å². The molecule has 0 fully saturated rings. The van der Waals surface area contributed by atoms with Crippen molar-refractivity contribution in [2.75, 3.05) is 13.1 Å². The van der Waals surface area contributed by atoms with Gasteiger partial charge in [-0.05, 0) is 47.4 Å². The van der Waals surface area contributed by atoms with E-state index in [1.54, 1.807) is 16.7 Å². The maximum absolute atomic E-state index is 13.4. The van der Waals surface area contributed by atoms with Crippen molar-refractivity contribution < 1.29 is 4.79 Å². The highest BCUT2D eigenvalue weighted by molar-refractivity contribution is 6.30. The molecule has 3 aromatic carbocycles. The van der Waals surface area contributed by atoms with Crippen LogP contribution in [-0.4, -0.2) is 43.1 Å². The Morgan fingerprint density at radius 1 is 0.921 bits per heavy atom. The van der Waals surface area contributed by atoms with Crippen LogP contribution >= 0.6 is 11.6 Å². The van der Waals surface area contributed by atoms with Gasteiger partial charge in [-0.15, -0.1) is 10.2 Å². The van der Waals surface area contributed by atoms with Gasteiger partial charge >= 0.3 is 0 Å². The van der Waals surface area contributed by atoms with Crippen LogP contribution in [0.2, 0.25) is 5.02 Å². The second-order valence-corrected chi connectivity index (χ2v) is 9.91. The maximum atomic E-state index is 13.4. The molecule has 0 aliphatic carbocycles. The first kappa shape index (κ1) is 24.1. The fourth-order valence-electron chi connectivity index (χ4n) is 5.08. The van der Waals surface area contributed by atoms with Crippen LogP contribution in [0.15, 0.2) is 89.7 Å². The summed E-state index contributed by atoms with van der Waals surface area (Å²) in [6.07, 6.45) is 3.73. The minimum absolute atomic E-state index is 0.0869. The second kappa shape index (κ2) is 10.3. The van der Waals surface area contributed by atoms with E-state index in [1.165, 1.54) is 11.1 Å². The monoisotopic (exact) mass is 523 g/mol. The highest BCUT2D eigenvalue weighted by atomic mass is 35.5. The minimum atomic E-state index is -0.132. The molecule has 0 atom stereocenters. The molecule has 1 aliphatic heterocycles. The lowest BCUT2D eigenvalue weighted by Crippen LogP contribution is -2.34. The van der Waals surface area contributed by atoms with Gasteiger partial charge in [0.05, 0.1) is 17.4 Å². The van der Waals surface area contributed by atoms with Gasteiger partial charge in [-0.25, -0.2) is 0 Å². The number of carbonyl (C=O) groups excluding carboxylic acids is 1. The van der Waals surface area contributed by atoms with E-state index in [0.29, 0.717) is 54.5 Å². The molecule has 8 heteroatoms. The summed E-state index contributed by atoms with van der Waals surface area (Å²) in [5.41, 5.74) is 4.03. The third-order valence-corrected chi connectivity index (χ3v) is 7.35. The number of carbonyl (C=O) groups is 1. The average Bonchev–Trinajstić information content (AvgIpc) is 3.39. The first-order valence-corrected chi connectivity index (χ1v) is 13.1. The van der Waals surface area contributed by atoms with Gasteiger partial charge in [0.1, 0.15) is 5.82 Å². The van der Waals surface area contributed by atoms with Crippen LogP contribution in [0.4, 0.5) is 0 Å². The number of para-hydroxylation sites is 1. The number of aromatic nitrogens is 4. The van der Waals surface area contributed by atoms with E-state index in [1.807, 2.05) is 63.9 Å². The summed E-state index contributed by atoms with van der Waals surface area (Å²) in [7, 11) is 0. The molecule has 5 aromatic rings. The Labute approximate surface area is 224 Å². The number of aryl methyl sites for hydroxylation is 1. The van der Waals surface area contributed by atoms with Gasteiger partial charge in [-0.1, -0.05) is 72.3 Å². The Hall–Kier alpha value is -4.23. The van der Waals surface area contributed by atoms with Gasteiger partial charge < -0.3 is 4.90 Å². The Bertz CT molecular complexity index is 1720. The molecule has 3 heterocycles. The fourth-order valence-corrected chi connectivity index (χ4v) is 5.20. The lowest BCUT2D eigenvalue weighted by Gasteiger charge is -2.26. The summed E-state index contributed by atoms with van der Waals surface area (Å²) in [6.45, 7) is 1.64. The molecule has 7 nitrogen and oxygen atoms in total. The SMILES string of the molecule is O=C(CCc1nnc2n(Cc3ccc(Cl)cc3)c(=O)c3ccccc3n12)N1CC=C(c2ccccc2)CC1. The van der Waals surface area contributed by atoms with Crippen LogP contribution in [0.25, 0.3) is 22.3 Å². The number of nitrogens with zero attached hydrogens (tertiary/aromatic N) is 5. The van der Waals surface area contributed by atoms with Gasteiger partial charge in [0, 0.05) is 31.0 Å². The Balaban J connectivity index is 1.26. The van der Waals surface area contributed by atoms with Crippen LogP contribution in [0, 0.1) is 0 Å². The maximum Gasteiger partial charge on any atom is 0.263 e. The van der Waals surface area contributed by atoms with Gasteiger partial charge in [-0.3, -0.25) is 18.6 Å². The number of benzene rings is 3. The predicted octanol–water partition coefficient (Wildman–Crippen LogP) is 4.99. The zero-order valence-corrected chi connectivity index (χ0v) is 21.5. The number of halogens is 1. The molecular weight excluding hydrogens is 498 g/mol. The molecule has 0 radical (unpaired) electrons. The van der Waals surface area contributed by atoms with E-state index in [2.05, 4.69) is 28.4 Å². The average molecular weight is 524 g/mol. The standard InChI is InChI=1S/C30H26ClN5O2/c31-24-12-10-21(11-13-24)20-35-29(38)25-8-4-5-9-26(25)36-27(32-33-30(35)36)14-15-28(37)34-18-16-23(17-19-34)22-6-2-1-3-7-22/h1-13,16H,14-15,17-20H2. The molecule has 2 aromatic heterocycles. The van der Waals surface area contributed by atoms with E-state index in [9.17, 15) is 9.59 Å². The van der Waals surface area contributed by atoms with Crippen molar-refractivity contribution >= 4 is 39.8 Å². The molecule has 190 valence electrons. The van der Waals surface area contributed by atoms with Crippen molar-refractivity contribution in [1.29, 1.82) is 0 Å². The molecule has 0 saturated heterocycles. The normalized spacial score (nSPS) is 13.7. The molecule has 38 heavy (non-hydrogen) atoms. The molecular formula is C30H26ClN5O2. The lowest BCUT2D eigenvalue weighted by molar-refractivity contribution is -0.130. The summed E-state index contributed by atoms with van der Waals surface area (Å²) >= 11 is 6.04. The third-order valence-electron chi connectivity index (χ3n) is 7.10. The smallest absolute Gasteiger partial charge is 0.263 e. The lowest BCUT2D eigenvalue weighted by atomic mass is 9.99. The first-order valence-electron chi connectivity index (χ1n) is 12.7. The highest BCUT2D eigenvalue weighted by Crippen LogP contribution is 2.23. The Morgan fingerprint density at radius 2 is 1.68 bits per heavy atom. The fraction of sp³-hybridized carbons (Fsp3) is 0.200. The molecule has 0 N–H and O–H groups in total. The number of amides is 1. The van der Waals surface area contributed by atoms with Crippen molar-refractivity contribution in [3.63, 3.8) is 0 Å². The molecule has 0 unspecified atom stereocenters. The molecule has 0 spiro atoms. The number of rotatable bonds is 6. The minimum Gasteiger partial charge on any atom is -0.339 e. The van der Waals surface area contributed by atoms with Crippen LogP contribution < -0.4 is 5.56 Å². The van der Waals surface area contributed by atoms with Gasteiger partial charge in [0.2, 0.25) is 11.7 Å². The topological polar surface area (TPSA) is 72.5 Å². The second-order valence-electron chi connectivity index (χ2n) is 9.47. The summed E-state index contributed by atoms with van der Waals surface area (Å²) in [6, 6.07) is 25.2. The summed E-state index contributed by atoms with van der Waals surface area (Å²) in [5.74, 6) is 1.20. The third kappa shape index (κ3) is 4.61. The molecule has 1 amide bonds. The zero-order chi connectivity index (χ0) is 26.1. The molecule has 0 saturated carbocycles. The van der Waals surface area contributed by atoms with Gasteiger partial charge in [0.15, 0.2) is 0 Å². The number of fused-ring (bicyclic) bond motifs is 3. The van der Waals surface area contributed by atoms with Crippen LogP contribution in [0.5, 0.6) is 0 Å². The summed E-state index contributed by atoms with van der Waals surface area (Å²) in [5, 5.41) is 10.0. The Kier molecular flexibility index (Phi) is 6.52. The van der Waals surface area contributed by atoms with E-state index in [4.69, 9.17) is 11.6 Å². The van der Waals surface area contributed by atoms with Crippen molar-refractivity contribution in [3.8, 4) is 0 Å². The summed E-state index contributed by atoms with van der Waals surface area (Å²) < 4.78 is 3.54. The largest absolute Gasteiger partial charge is 0.339 e. The summed E-state index contributed by atoms with van der Waals surface area (Å²) in [4.78, 5) is 28.4. The quantitative estimate of drug-likeness (QED) is 0.314. The molecule has 1 aliphatic rings. The first-order chi connectivity index (χ1) is 18.6. The number of hydrogen-bond donors (Lipinski definition) is 0. The van der Waals surface area contributed by atoms with Crippen LogP contribution in [0.3, 0.4) is 0 Å². The van der Waals surface area contributed by atoms with Crippen LogP contribution in [0.1, 0.15) is 29.8 Å². The predicted molar refractivity (Wildman–Crippen MR) is 149 cm³/mol. The van der Waals surface area contributed by atoms with Crippen LogP contribution in [-0.2, 0) is 17.8 Å². The van der Waals surface area contributed by atoms with Crippen molar-refractivity contribution in [1.82, 2.24) is 24.1 Å². The van der Waals surface area contributed by atoms with E-state index in [0.717, 1.165) is 17.5 Å². The number of hydrogen-bond acceptors (Lipinski definition) is 4. The van der Waals surface area contributed by atoms with E-state index in [-0.39, 0.29) is 11.5 Å². The molecule has 0 bridgehead atoms. The molecule has 6 rings (SSSR count). The van der Waals surface area contributed by atoms with Gasteiger partial charge in [-0.2, -0.15) is 0 Å². The van der Waals surface area contributed by atoms with Crippen molar-refractivity contribution in [3.05, 3.63) is 117 Å². The van der Waals surface area contributed by atoms with E-state index < -0.39 is 0 Å².